The van der Waals surface area contributed by atoms with Crippen LogP contribution in [0.2, 0.25) is 0 Å². The van der Waals surface area contributed by atoms with Crippen LogP contribution >= 0.6 is 12.4 Å². The molecule has 0 aliphatic rings. The summed E-state index contributed by atoms with van der Waals surface area (Å²) < 4.78 is 0. The van der Waals surface area contributed by atoms with E-state index < -0.39 is 0 Å². The van der Waals surface area contributed by atoms with Crippen molar-refractivity contribution in [2.75, 3.05) is 31.7 Å². The Morgan fingerprint density at radius 2 is 1.87 bits per heavy atom. The number of benzene rings is 1. The summed E-state index contributed by atoms with van der Waals surface area (Å²) >= 11 is 0. The van der Waals surface area contributed by atoms with Gasteiger partial charge in [-0.25, -0.2) is 0 Å². The van der Waals surface area contributed by atoms with Crippen molar-refractivity contribution in [3.63, 3.8) is 0 Å². The number of hydrogen-bond donors (Lipinski definition) is 2. The number of nitrogens with two attached hydrogens (primary N) is 1. The van der Waals surface area contributed by atoms with Crippen LogP contribution < -0.4 is 11.1 Å². The molecule has 0 saturated heterocycles. The van der Waals surface area contributed by atoms with Crippen LogP contribution in [0.5, 0.6) is 0 Å². The van der Waals surface area contributed by atoms with Gasteiger partial charge in [0.2, 0.25) is 5.91 Å². The quantitative estimate of drug-likeness (QED) is 0.766. The Kier molecular flexibility index (Phi) is 5.74. The molecule has 0 aliphatic heterocycles. The van der Waals surface area contributed by atoms with Crippen LogP contribution in [-0.2, 0) is 4.79 Å². The number of carbonyl (C=O) groups excluding carboxylic acids is 1. The Balaban J connectivity index is 0.00000196. The summed E-state index contributed by atoms with van der Waals surface area (Å²) in [7, 11) is 3.70. The van der Waals surface area contributed by atoms with Crippen LogP contribution in [0.3, 0.4) is 0 Å². The van der Waals surface area contributed by atoms with E-state index in [9.17, 15) is 4.79 Å². The summed E-state index contributed by atoms with van der Waals surface area (Å²) in [5, 5.41) is 2.76. The average molecular weight is 230 g/mol. The number of anilines is 2. The maximum absolute atomic E-state index is 11.3. The van der Waals surface area contributed by atoms with E-state index in [0.29, 0.717) is 12.2 Å². The summed E-state index contributed by atoms with van der Waals surface area (Å²) in [6, 6.07) is 7.07. The molecule has 0 bridgehead atoms. The van der Waals surface area contributed by atoms with Gasteiger partial charge < -0.3 is 16.0 Å². The molecule has 0 spiro atoms. The molecule has 0 aromatic heterocycles. The van der Waals surface area contributed by atoms with Gasteiger partial charge in [-0.05, 0) is 38.4 Å². The zero-order valence-electron chi connectivity index (χ0n) is 8.86. The predicted octanol–water partition coefficient (Wildman–Crippen LogP) is 1.19. The number of hydrogen-bond acceptors (Lipinski definition) is 3. The van der Waals surface area contributed by atoms with Gasteiger partial charge >= 0.3 is 0 Å². The molecule has 0 radical (unpaired) electrons. The Labute approximate surface area is 95.9 Å². The maximum atomic E-state index is 11.3. The summed E-state index contributed by atoms with van der Waals surface area (Å²) in [5.74, 6) is -0.0280. The van der Waals surface area contributed by atoms with E-state index >= 15 is 0 Å². The highest BCUT2D eigenvalue weighted by atomic mass is 35.5. The van der Waals surface area contributed by atoms with Gasteiger partial charge in [0.15, 0.2) is 0 Å². The Hall–Kier alpha value is -1.26. The normalized spacial score (nSPS) is 9.53. The molecule has 5 heteroatoms. The highest BCUT2D eigenvalue weighted by Crippen LogP contribution is 2.09. The first-order chi connectivity index (χ1) is 6.58. The van der Waals surface area contributed by atoms with E-state index in [1.54, 1.807) is 24.3 Å². The van der Waals surface area contributed by atoms with E-state index in [-0.39, 0.29) is 18.3 Å². The molecule has 4 nitrogen and oxygen atoms in total. The molecule has 1 amide bonds. The molecule has 1 rings (SSSR count). The number of amides is 1. The number of halogens is 1. The molecule has 84 valence electrons. The zero-order chi connectivity index (χ0) is 10.6. The second kappa shape index (κ2) is 6.27. The molecule has 1 aromatic carbocycles. The average Bonchev–Trinajstić information content (AvgIpc) is 2.07. The molecule has 0 fully saturated rings. The number of nitrogens with one attached hydrogen (secondary N) is 1. The number of nitrogen functional groups attached to an aromatic ring is 1. The highest BCUT2D eigenvalue weighted by Gasteiger charge is 2.02. The lowest BCUT2D eigenvalue weighted by Crippen LogP contribution is -2.27. The van der Waals surface area contributed by atoms with Crippen LogP contribution in [0, 0.1) is 0 Å². The lowest BCUT2D eigenvalue weighted by atomic mass is 10.3. The number of rotatable bonds is 3. The molecule has 3 N–H and O–H groups in total. The highest BCUT2D eigenvalue weighted by molar-refractivity contribution is 5.92. The van der Waals surface area contributed by atoms with Crippen LogP contribution in [0.4, 0.5) is 11.4 Å². The zero-order valence-corrected chi connectivity index (χ0v) is 9.67. The third kappa shape index (κ3) is 5.24. The van der Waals surface area contributed by atoms with Gasteiger partial charge in [0.1, 0.15) is 0 Å². The van der Waals surface area contributed by atoms with Crippen LogP contribution in [-0.4, -0.2) is 31.4 Å². The first-order valence-electron chi connectivity index (χ1n) is 4.38. The third-order valence-electron chi connectivity index (χ3n) is 1.65. The van der Waals surface area contributed by atoms with Gasteiger partial charge in [-0.15, -0.1) is 12.4 Å². The Morgan fingerprint density at radius 1 is 1.33 bits per heavy atom. The molecule has 0 unspecified atom stereocenters. The van der Waals surface area contributed by atoms with Gasteiger partial charge in [0.05, 0.1) is 6.54 Å². The lowest BCUT2D eigenvalue weighted by Gasteiger charge is -2.09. The summed E-state index contributed by atoms with van der Waals surface area (Å²) in [4.78, 5) is 13.1. The van der Waals surface area contributed by atoms with Crippen LogP contribution in [0.25, 0.3) is 0 Å². The number of likely N-dealkylation sites (N-methyl/N-ethyl adjacent to an activating group) is 1. The van der Waals surface area contributed by atoms with Gasteiger partial charge in [0, 0.05) is 11.4 Å². The molecule has 0 saturated carbocycles. The molecule has 0 aliphatic carbocycles. The maximum Gasteiger partial charge on any atom is 0.238 e. The van der Waals surface area contributed by atoms with Crippen molar-refractivity contribution >= 4 is 29.7 Å². The van der Waals surface area contributed by atoms with Gasteiger partial charge in [0.25, 0.3) is 0 Å². The summed E-state index contributed by atoms with van der Waals surface area (Å²) in [6.45, 7) is 0.379. The van der Waals surface area contributed by atoms with Crippen molar-refractivity contribution in [2.45, 2.75) is 0 Å². The minimum absolute atomic E-state index is 0. The molecule has 15 heavy (non-hydrogen) atoms. The monoisotopic (exact) mass is 229 g/mol. The topological polar surface area (TPSA) is 58.4 Å². The lowest BCUT2D eigenvalue weighted by molar-refractivity contribution is -0.116. The van der Waals surface area contributed by atoms with Crippen molar-refractivity contribution in [2.24, 2.45) is 0 Å². The minimum Gasteiger partial charge on any atom is -0.399 e. The second-order valence-electron chi connectivity index (χ2n) is 3.41. The molecule has 0 heterocycles. The fourth-order valence-electron chi connectivity index (χ4n) is 1.05. The first-order valence-corrected chi connectivity index (χ1v) is 4.38. The van der Waals surface area contributed by atoms with Crippen molar-refractivity contribution in [3.05, 3.63) is 24.3 Å². The molecular formula is C10H16ClN3O. The largest absolute Gasteiger partial charge is 0.399 e. The molecule has 0 atom stereocenters. The van der Waals surface area contributed by atoms with E-state index in [4.69, 9.17) is 5.73 Å². The number of nitrogens with zero attached hydrogens (tertiary/aromatic N) is 1. The molecule has 1 aromatic rings. The minimum atomic E-state index is -0.0280. The predicted molar refractivity (Wildman–Crippen MR) is 65.3 cm³/mol. The standard InChI is InChI=1S/C10H15N3O.ClH/c1-13(2)7-10(14)12-9-5-3-8(11)4-6-9;/h3-6H,7,11H2,1-2H3,(H,12,14);1H. The second-order valence-corrected chi connectivity index (χ2v) is 3.41. The summed E-state index contributed by atoms with van der Waals surface area (Å²) in [5.41, 5.74) is 6.98. The third-order valence-corrected chi connectivity index (χ3v) is 1.65. The Bertz CT molecular complexity index is 311. The summed E-state index contributed by atoms with van der Waals surface area (Å²) in [6.07, 6.45) is 0. The first kappa shape index (κ1) is 13.7. The smallest absolute Gasteiger partial charge is 0.238 e. The van der Waals surface area contributed by atoms with Crippen molar-refractivity contribution in [1.82, 2.24) is 4.90 Å². The fraction of sp³-hybridized carbons (Fsp3) is 0.300. The van der Waals surface area contributed by atoms with Crippen molar-refractivity contribution < 1.29 is 4.79 Å². The van der Waals surface area contributed by atoms with Crippen molar-refractivity contribution in [3.8, 4) is 0 Å². The Morgan fingerprint density at radius 3 is 2.33 bits per heavy atom. The van der Waals surface area contributed by atoms with Gasteiger partial charge in [-0.1, -0.05) is 0 Å². The SMILES string of the molecule is CN(C)CC(=O)Nc1ccc(N)cc1.Cl. The fourth-order valence-corrected chi connectivity index (χ4v) is 1.05. The van der Waals surface area contributed by atoms with E-state index in [2.05, 4.69) is 5.32 Å². The number of carbonyl (C=O) groups is 1. The van der Waals surface area contributed by atoms with Crippen molar-refractivity contribution in [1.29, 1.82) is 0 Å². The van der Waals surface area contributed by atoms with Gasteiger partial charge in [-0.2, -0.15) is 0 Å². The van der Waals surface area contributed by atoms with Gasteiger partial charge in [-0.3, -0.25) is 4.79 Å². The molecular weight excluding hydrogens is 214 g/mol. The van der Waals surface area contributed by atoms with E-state index in [1.807, 2.05) is 19.0 Å². The van der Waals surface area contributed by atoms with E-state index in [0.717, 1.165) is 5.69 Å². The van der Waals surface area contributed by atoms with Crippen LogP contribution in [0.15, 0.2) is 24.3 Å². The van der Waals surface area contributed by atoms with E-state index in [1.165, 1.54) is 0 Å². The van der Waals surface area contributed by atoms with Crippen LogP contribution in [0.1, 0.15) is 0 Å².